The number of carbonyl (C=O) groups excluding carboxylic acids is 1. The van der Waals surface area contributed by atoms with Crippen molar-refractivity contribution in [3.8, 4) is 5.75 Å². The summed E-state index contributed by atoms with van der Waals surface area (Å²) in [7, 11) is 3.48. The summed E-state index contributed by atoms with van der Waals surface area (Å²) in [5.74, 6) is 0.986. The van der Waals surface area contributed by atoms with Crippen molar-refractivity contribution in [1.29, 1.82) is 0 Å². The Labute approximate surface area is 182 Å². The first kappa shape index (κ1) is 22.7. The van der Waals surface area contributed by atoms with Gasteiger partial charge in [-0.15, -0.1) is 0 Å². The number of ether oxygens (including phenoxy) is 2. The molecule has 0 saturated carbocycles. The molecular weight excluding hydrogens is 401 g/mol. The number of halogens is 1. The fourth-order valence-electron chi connectivity index (χ4n) is 3.52. The number of aromatic nitrogens is 2. The van der Waals surface area contributed by atoms with E-state index in [1.165, 1.54) is 13.1 Å². The number of rotatable bonds is 9. The van der Waals surface area contributed by atoms with Crippen LogP contribution in [0.3, 0.4) is 0 Å². The zero-order valence-corrected chi connectivity index (χ0v) is 18.5. The van der Waals surface area contributed by atoms with E-state index in [0.717, 1.165) is 17.7 Å². The van der Waals surface area contributed by atoms with Crippen molar-refractivity contribution in [2.45, 2.75) is 32.4 Å². The number of hydrogen-bond acceptors (Lipinski definition) is 7. The van der Waals surface area contributed by atoms with Crippen molar-refractivity contribution >= 4 is 17.7 Å². The normalized spacial score (nSPS) is 16.8. The second-order valence-corrected chi connectivity index (χ2v) is 7.72. The van der Waals surface area contributed by atoms with Gasteiger partial charge in [0.15, 0.2) is 11.6 Å². The lowest BCUT2D eigenvalue weighted by Gasteiger charge is -2.22. The van der Waals surface area contributed by atoms with E-state index in [2.05, 4.69) is 15.3 Å². The van der Waals surface area contributed by atoms with E-state index in [-0.39, 0.29) is 18.1 Å². The lowest BCUT2D eigenvalue weighted by molar-refractivity contribution is -0.119. The Kier molecular flexibility index (Phi) is 7.62. The number of carbonyl (C=O) groups is 1. The zero-order chi connectivity index (χ0) is 22.4. The first-order valence-corrected chi connectivity index (χ1v) is 10.4. The first-order valence-electron chi connectivity index (χ1n) is 10.4. The molecule has 0 unspecified atom stereocenters. The Morgan fingerprint density at radius 1 is 1.39 bits per heavy atom. The van der Waals surface area contributed by atoms with E-state index in [9.17, 15) is 9.18 Å². The van der Waals surface area contributed by atoms with Gasteiger partial charge in [-0.1, -0.05) is 12.1 Å². The van der Waals surface area contributed by atoms with Crippen molar-refractivity contribution in [3.63, 3.8) is 0 Å². The minimum atomic E-state index is -0.444. The van der Waals surface area contributed by atoms with Gasteiger partial charge in [0.1, 0.15) is 11.9 Å². The molecule has 0 aliphatic carbocycles. The molecule has 1 fully saturated rings. The van der Waals surface area contributed by atoms with E-state index in [1.54, 1.807) is 7.11 Å². The van der Waals surface area contributed by atoms with Crippen LogP contribution < -0.4 is 19.9 Å². The van der Waals surface area contributed by atoms with Gasteiger partial charge in [-0.2, -0.15) is 4.98 Å². The van der Waals surface area contributed by atoms with E-state index < -0.39 is 5.82 Å². The van der Waals surface area contributed by atoms with Crippen LogP contribution in [-0.2, 0) is 9.53 Å². The molecule has 0 bridgehead atoms. The van der Waals surface area contributed by atoms with Crippen LogP contribution in [0.15, 0.2) is 30.5 Å². The molecule has 2 aromatic rings. The largest absolute Gasteiger partial charge is 0.489 e. The number of methoxy groups -OCH3 is 1. The Morgan fingerprint density at radius 2 is 2.13 bits per heavy atom. The van der Waals surface area contributed by atoms with Crippen LogP contribution in [0.1, 0.15) is 31.9 Å². The van der Waals surface area contributed by atoms with Crippen LogP contribution in [0.2, 0.25) is 0 Å². The van der Waals surface area contributed by atoms with Crippen LogP contribution in [-0.4, -0.2) is 62.4 Å². The highest BCUT2D eigenvalue weighted by molar-refractivity contribution is 5.73. The minimum absolute atomic E-state index is 0.0644. The molecule has 168 valence electrons. The molecule has 2 atom stereocenters. The van der Waals surface area contributed by atoms with Gasteiger partial charge in [-0.25, -0.2) is 9.37 Å². The highest BCUT2D eigenvalue weighted by Crippen LogP contribution is 2.26. The monoisotopic (exact) mass is 431 g/mol. The summed E-state index contributed by atoms with van der Waals surface area (Å²) in [5.41, 5.74) is 1.00. The third kappa shape index (κ3) is 6.04. The van der Waals surface area contributed by atoms with E-state index in [1.807, 2.05) is 48.0 Å². The number of likely N-dealkylation sites (N-methyl/N-ethyl adjacent to an activating group) is 1. The summed E-state index contributed by atoms with van der Waals surface area (Å²) in [6.45, 7) is 5.78. The summed E-state index contributed by atoms with van der Waals surface area (Å²) in [4.78, 5) is 23.5. The summed E-state index contributed by atoms with van der Waals surface area (Å²) < 4.78 is 25.6. The van der Waals surface area contributed by atoms with E-state index in [4.69, 9.17) is 9.47 Å². The molecule has 31 heavy (non-hydrogen) atoms. The number of amides is 1. The lowest BCUT2D eigenvalue weighted by atomic mass is 10.1. The van der Waals surface area contributed by atoms with Gasteiger partial charge in [0.2, 0.25) is 11.9 Å². The molecule has 1 aliphatic heterocycles. The Balaban J connectivity index is 1.61. The molecule has 1 aromatic heterocycles. The quantitative estimate of drug-likeness (QED) is 0.654. The van der Waals surface area contributed by atoms with Crippen molar-refractivity contribution in [2.75, 3.05) is 50.2 Å². The molecular formula is C22H30FN5O3. The molecule has 3 rings (SSSR count). The smallest absolute Gasteiger partial charge is 0.227 e. The predicted octanol–water partition coefficient (Wildman–Crippen LogP) is 2.55. The van der Waals surface area contributed by atoms with Gasteiger partial charge >= 0.3 is 0 Å². The van der Waals surface area contributed by atoms with Crippen LogP contribution in [0.4, 0.5) is 16.2 Å². The number of hydrogen-bond donors (Lipinski definition) is 1. The number of nitrogens with zero attached hydrogens (tertiary/aromatic N) is 4. The molecule has 1 aliphatic rings. The lowest BCUT2D eigenvalue weighted by Crippen LogP contribution is -2.28. The van der Waals surface area contributed by atoms with Gasteiger partial charge in [-0.3, -0.25) is 4.79 Å². The molecule has 0 spiro atoms. The third-order valence-corrected chi connectivity index (χ3v) is 5.23. The summed E-state index contributed by atoms with van der Waals surface area (Å²) >= 11 is 0. The molecule has 1 saturated heterocycles. The summed E-state index contributed by atoms with van der Waals surface area (Å²) in [6.07, 6.45) is 1.91. The second-order valence-electron chi connectivity index (χ2n) is 7.72. The van der Waals surface area contributed by atoms with Crippen LogP contribution in [0, 0.1) is 5.82 Å². The third-order valence-electron chi connectivity index (χ3n) is 5.23. The topological polar surface area (TPSA) is 79.8 Å². The molecule has 1 amide bonds. The van der Waals surface area contributed by atoms with Crippen LogP contribution in [0.25, 0.3) is 0 Å². The average Bonchev–Trinajstić information content (AvgIpc) is 3.20. The average molecular weight is 432 g/mol. The molecule has 1 N–H and O–H groups in total. The van der Waals surface area contributed by atoms with Gasteiger partial charge < -0.3 is 24.6 Å². The van der Waals surface area contributed by atoms with Crippen LogP contribution >= 0.6 is 0 Å². The van der Waals surface area contributed by atoms with Gasteiger partial charge in [0, 0.05) is 40.6 Å². The standard InChI is InChI=1S/C22H30FN5O3/c1-15(25-16(2)29)17-5-7-18(8-6-17)31-19-9-10-28(14-19)21-20(23)13-24-22(26-21)27(3)11-12-30-4/h5-8,13,15,19H,9-12,14H2,1-4H3,(H,25,29)/t15-,19+/m0/s1. The van der Waals surface area contributed by atoms with Crippen molar-refractivity contribution < 1.29 is 18.7 Å². The molecule has 1 aromatic carbocycles. The SMILES string of the molecule is COCCN(C)c1ncc(F)c(N2CC[C@@H](Oc3ccc([C@H](C)NC(C)=O)cc3)C2)n1. The first-order chi connectivity index (χ1) is 14.9. The van der Waals surface area contributed by atoms with E-state index >= 15 is 0 Å². The maximum absolute atomic E-state index is 14.4. The summed E-state index contributed by atoms with van der Waals surface area (Å²) in [5, 5.41) is 2.86. The number of anilines is 2. The highest BCUT2D eigenvalue weighted by Gasteiger charge is 2.28. The van der Waals surface area contributed by atoms with Crippen molar-refractivity contribution in [1.82, 2.24) is 15.3 Å². The molecule has 9 heteroatoms. The van der Waals surface area contributed by atoms with Crippen LogP contribution in [0.5, 0.6) is 5.75 Å². The maximum Gasteiger partial charge on any atom is 0.227 e. The Bertz CT molecular complexity index is 880. The van der Waals surface area contributed by atoms with Gasteiger partial charge in [-0.05, 0) is 24.6 Å². The van der Waals surface area contributed by atoms with Crippen molar-refractivity contribution in [3.05, 3.63) is 41.8 Å². The van der Waals surface area contributed by atoms with Gasteiger partial charge in [0.25, 0.3) is 0 Å². The summed E-state index contributed by atoms with van der Waals surface area (Å²) in [6, 6.07) is 7.60. The Hall–Kier alpha value is -2.94. The fraction of sp³-hybridized carbons (Fsp3) is 0.500. The van der Waals surface area contributed by atoms with E-state index in [0.29, 0.717) is 38.0 Å². The fourth-order valence-corrected chi connectivity index (χ4v) is 3.52. The number of benzene rings is 1. The predicted molar refractivity (Wildman–Crippen MR) is 117 cm³/mol. The maximum atomic E-state index is 14.4. The van der Waals surface area contributed by atoms with Gasteiger partial charge in [0.05, 0.1) is 25.4 Å². The zero-order valence-electron chi connectivity index (χ0n) is 18.5. The number of nitrogens with one attached hydrogen (secondary N) is 1. The van der Waals surface area contributed by atoms with Crippen molar-refractivity contribution in [2.24, 2.45) is 0 Å². The molecule has 2 heterocycles. The Morgan fingerprint density at radius 3 is 2.81 bits per heavy atom. The molecule has 8 nitrogen and oxygen atoms in total. The second kappa shape index (κ2) is 10.4. The molecule has 0 radical (unpaired) electrons. The highest BCUT2D eigenvalue weighted by atomic mass is 19.1. The minimum Gasteiger partial charge on any atom is -0.489 e.